The molecule has 0 aliphatic heterocycles. The van der Waals surface area contributed by atoms with Crippen molar-refractivity contribution in [2.75, 3.05) is 4.72 Å². The van der Waals surface area contributed by atoms with Crippen LogP contribution in [0.2, 0.25) is 0 Å². The summed E-state index contributed by atoms with van der Waals surface area (Å²) in [7, 11) is -3.89. The number of hydrogen-bond acceptors (Lipinski definition) is 4. The number of fused-ring (bicyclic) bond motifs is 2. The second kappa shape index (κ2) is 7.08. The maximum Gasteiger partial charge on any atom is 0.261 e. The van der Waals surface area contributed by atoms with Crippen molar-refractivity contribution in [1.82, 2.24) is 0 Å². The topological polar surface area (TPSA) is 86.6 Å². The molecule has 6 heteroatoms. The largest absolute Gasteiger partial charge is 0.386 e. The molecule has 0 amide bonds. The van der Waals surface area contributed by atoms with Crippen LogP contribution in [-0.2, 0) is 46.9 Å². The molecular formula is C24H31NO4S. The minimum atomic E-state index is -3.89. The molecule has 162 valence electrons. The number of hydrogen-bond donors (Lipinski definition) is 3. The van der Waals surface area contributed by atoms with E-state index in [1.54, 1.807) is 33.8 Å². The van der Waals surface area contributed by atoms with E-state index in [0.717, 1.165) is 55.3 Å². The highest BCUT2D eigenvalue weighted by Crippen LogP contribution is 2.40. The van der Waals surface area contributed by atoms with E-state index in [1.165, 1.54) is 23.3 Å². The monoisotopic (exact) mass is 429 g/mol. The Balaban J connectivity index is 1.83. The summed E-state index contributed by atoms with van der Waals surface area (Å²) in [6.45, 7) is 6.43. The van der Waals surface area contributed by atoms with Crippen molar-refractivity contribution in [3.05, 3.63) is 57.6 Å². The summed E-state index contributed by atoms with van der Waals surface area (Å²) < 4.78 is 29.9. The van der Waals surface area contributed by atoms with Gasteiger partial charge in [-0.1, -0.05) is 12.1 Å². The molecule has 5 nitrogen and oxygen atoms in total. The molecule has 0 fully saturated rings. The van der Waals surface area contributed by atoms with Crippen molar-refractivity contribution >= 4 is 15.7 Å². The van der Waals surface area contributed by atoms with E-state index < -0.39 is 21.2 Å². The smallest absolute Gasteiger partial charge is 0.261 e. The predicted molar refractivity (Wildman–Crippen MR) is 118 cm³/mol. The molecule has 0 saturated carbocycles. The van der Waals surface area contributed by atoms with E-state index >= 15 is 0 Å². The second-order valence-electron chi connectivity index (χ2n) is 9.70. The highest BCUT2D eigenvalue weighted by atomic mass is 32.2. The van der Waals surface area contributed by atoms with Crippen molar-refractivity contribution in [2.24, 2.45) is 0 Å². The van der Waals surface area contributed by atoms with E-state index in [4.69, 9.17) is 0 Å². The molecule has 0 aromatic heterocycles. The Bertz CT molecular complexity index is 1040. The van der Waals surface area contributed by atoms with Crippen LogP contribution in [0.3, 0.4) is 0 Å². The van der Waals surface area contributed by atoms with Gasteiger partial charge in [0.1, 0.15) is 0 Å². The lowest BCUT2D eigenvalue weighted by molar-refractivity contribution is 0.0713. The van der Waals surface area contributed by atoms with Gasteiger partial charge in [-0.25, -0.2) is 8.42 Å². The molecule has 0 heterocycles. The molecule has 0 saturated heterocycles. The normalized spacial score (nSPS) is 16.5. The standard InChI is InChI=1S/C24H31NO4S/c1-23(2,26)17-12-18(24(3,4)27)14-19(13-17)30(28,29)25-22-20-9-5-7-15(20)11-16-8-6-10-21(16)22/h11-14,25-27H,5-10H2,1-4H3. The fourth-order valence-electron chi connectivity index (χ4n) is 4.59. The maximum atomic E-state index is 13.5. The third-order valence-electron chi connectivity index (χ3n) is 6.34. The van der Waals surface area contributed by atoms with Crippen LogP contribution in [0.25, 0.3) is 0 Å². The summed E-state index contributed by atoms with van der Waals surface area (Å²) in [6, 6.07) is 6.93. The van der Waals surface area contributed by atoms with Crippen LogP contribution >= 0.6 is 0 Å². The summed E-state index contributed by atoms with van der Waals surface area (Å²) in [5, 5.41) is 21.0. The van der Waals surface area contributed by atoms with Crippen LogP contribution in [0.4, 0.5) is 5.69 Å². The van der Waals surface area contributed by atoms with Crippen molar-refractivity contribution in [2.45, 2.75) is 82.3 Å². The zero-order valence-corrected chi connectivity index (χ0v) is 19.0. The maximum absolute atomic E-state index is 13.5. The molecule has 0 spiro atoms. The van der Waals surface area contributed by atoms with Gasteiger partial charge in [0, 0.05) is 0 Å². The molecule has 0 unspecified atom stereocenters. The fraction of sp³-hybridized carbons (Fsp3) is 0.500. The Morgan fingerprint density at radius 2 is 1.23 bits per heavy atom. The Morgan fingerprint density at radius 3 is 1.67 bits per heavy atom. The van der Waals surface area contributed by atoms with Crippen molar-refractivity contribution in [3.8, 4) is 0 Å². The molecule has 0 atom stereocenters. The molecule has 2 aromatic rings. The summed E-state index contributed by atoms with van der Waals surface area (Å²) in [6.07, 6.45) is 5.86. The first-order valence-electron chi connectivity index (χ1n) is 10.7. The van der Waals surface area contributed by atoms with Gasteiger partial charge in [-0.05, 0) is 112 Å². The highest BCUT2D eigenvalue weighted by molar-refractivity contribution is 7.92. The Labute approximate surface area is 179 Å². The summed E-state index contributed by atoms with van der Waals surface area (Å²) >= 11 is 0. The Kier molecular flexibility index (Phi) is 5.03. The van der Waals surface area contributed by atoms with Crippen LogP contribution in [0.1, 0.15) is 73.9 Å². The van der Waals surface area contributed by atoms with Gasteiger partial charge in [0.15, 0.2) is 0 Å². The number of aryl methyl sites for hydroxylation is 2. The van der Waals surface area contributed by atoms with Gasteiger partial charge in [0.25, 0.3) is 10.0 Å². The average Bonchev–Trinajstić information content (AvgIpc) is 3.28. The second-order valence-corrected chi connectivity index (χ2v) is 11.4. The summed E-state index contributed by atoms with van der Waals surface area (Å²) in [5.41, 5.74) is 3.96. The van der Waals surface area contributed by atoms with E-state index in [0.29, 0.717) is 11.1 Å². The predicted octanol–water partition coefficient (Wildman–Crippen LogP) is 3.92. The number of nitrogens with one attached hydrogen (secondary N) is 1. The van der Waals surface area contributed by atoms with Gasteiger partial charge in [-0.15, -0.1) is 0 Å². The first-order valence-corrected chi connectivity index (χ1v) is 12.1. The van der Waals surface area contributed by atoms with Gasteiger partial charge >= 0.3 is 0 Å². The zero-order chi connectivity index (χ0) is 21.9. The third kappa shape index (κ3) is 3.88. The van der Waals surface area contributed by atoms with Crippen LogP contribution in [0.15, 0.2) is 29.2 Å². The van der Waals surface area contributed by atoms with Crippen LogP contribution < -0.4 is 4.72 Å². The molecule has 0 radical (unpaired) electrons. The van der Waals surface area contributed by atoms with E-state index in [2.05, 4.69) is 10.8 Å². The van der Waals surface area contributed by atoms with E-state index in [9.17, 15) is 18.6 Å². The van der Waals surface area contributed by atoms with Crippen LogP contribution in [0.5, 0.6) is 0 Å². The third-order valence-corrected chi connectivity index (χ3v) is 7.67. The number of benzene rings is 2. The van der Waals surface area contributed by atoms with Crippen LogP contribution in [-0.4, -0.2) is 18.6 Å². The SMILES string of the molecule is CC(C)(O)c1cc(C(C)(C)O)cc(S(=O)(=O)Nc2c3c(cc4c2CCC4)CCC3)c1. The van der Waals surface area contributed by atoms with Gasteiger partial charge in [0.05, 0.1) is 21.8 Å². The fourth-order valence-corrected chi connectivity index (χ4v) is 5.79. The number of anilines is 1. The molecule has 0 bridgehead atoms. The highest BCUT2D eigenvalue weighted by Gasteiger charge is 2.30. The lowest BCUT2D eigenvalue weighted by Crippen LogP contribution is -2.23. The van der Waals surface area contributed by atoms with Gasteiger partial charge in [-0.3, -0.25) is 4.72 Å². The number of sulfonamides is 1. The molecule has 4 rings (SSSR count). The molecular weight excluding hydrogens is 398 g/mol. The first-order chi connectivity index (χ1) is 13.9. The summed E-state index contributed by atoms with van der Waals surface area (Å²) in [4.78, 5) is 0.0570. The average molecular weight is 430 g/mol. The lowest BCUT2D eigenvalue weighted by atomic mass is 9.91. The Hall–Kier alpha value is -1.89. The molecule has 2 aliphatic rings. The molecule has 3 N–H and O–H groups in total. The van der Waals surface area contributed by atoms with Gasteiger partial charge in [0.2, 0.25) is 0 Å². The lowest BCUT2D eigenvalue weighted by Gasteiger charge is -2.25. The van der Waals surface area contributed by atoms with Crippen LogP contribution in [0, 0.1) is 0 Å². The quantitative estimate of drug-likeness (QED) is 0.672. The van der Waals surface area contributed by atoms with E-state index in [-0.39, 0.29) is 4.90 Å². The van der Waals surface area contributed by atoms with E-state index in [1.807, 2.05) is 0 Å². The molecule has 2 aromatic carbocycles. The van der Waals surface area contributed by atoms with Crippen molar-refractivity contribution in [1.29, 1.82) is 0 Å². The summed E-state index contributed by atoms with van der Waals surface area (Å²) in [5.74, 6) is 0. The molecule has 30 heavy (non-hydrogen) atoms. The van der Waals surface area contributed by atoms with Gasteiger partial charge in [-0.2, -0.15) is 0 Å². The first kappa shape index (κ1) is 21.3. The van der Waals surface area contributed by atoms with Crippen molar-refractivity contribution < 1.29 is 18.6 Å². The van der Waals surface area contributed by atoms with Gasteiger partial charge < -0.3 is 10.2 Å². The molecule has 2 aliphatic carbocycles. The Morgan fingerprint density at radius 1 is 0.767 bits per heavy atom. The minimum Gasteiger partial charge on any atom is -0.386 e. The minimum absolute atomic E-state index is 0.0570. The number of aliphatic hydroxyl groups is 2. The number of rotatable bonds is 5. The van der Waals surface area contributed by atoms with Crippen molar-refractivity contribution in [3.63, 3.8) is 0 Å². The zero-order valence-electron chi connectivity index (χ0n) is 18.2.